The monoisotopic (exact) mass is 602 g/mol. The Kier molecular flexibility index (Phi) is 7.22. The number of para-hydroxylation sites is 1. The van der Waals surface area contributed by atoms with Crippen LogP contribution >= 0.6 is 0 Å². The summed E-state index contributed by atoms with van der Waals surface area (Å²) in [5.74, 6) is 1.00. The van der Waals surface area contributed by atoms with Crippen molar-refractivity contribution >= 4 is 28.0 Å². The lowest BCUT2D eigenvalue weighted by molar-refractivity contribution is -0.143. The number of pyridine rings is 1. The molecule has 2 unspecified atom stereocenters. The molecule has 1 aromatic heterocycles. The maximum atomic E-state index is 13.5. The van der Waals surface area contributed by atoms with Crippen molar-refractivity contribution in [3.63, 3.8) is 0 Å². The highest BCUT2D eigenvalue weighted by molar-refractivity contribution is 5.84. The van der Waals surface area contributed by atoms with E-state index in [0.29, 0.717) is 24.0 Å². The van der Waals surface area contributed by atoms with Gasteiger partial charge in [0.15, 0.2) is 0 Å². The molecular formula is C31H28F6N4O2. The molecule has 3 saturated heterocycles. The Bertz CT molecular complexity index is 1710. The van der Waals surface area contributed by atoms with Gasteiger partial charge in [-0.3, -0.25) is 19.5 Å². The van der Waals surface area contributed by atoms with E-state index in [1.54, 1.807) is 6.20 Å². The average molecular weight is 603 g/mol. The van der Waals surface area contributed by atoms with E-state index in [1.807, 2.05) is 30.3 Å². The number of hydrogen-bond acceptors (Lipinski definition) is 6. The van der Waals surface area contributed by atoms with E-state index in [0.717, 1.165) is 48.8 Å². The van der Waals surface area contributed by atoms with E-state index in [9.17, 15) is 35.9 Å². The molecule has 5 atom stereocenters. The predicted molar refractivity (Wildman–Crippen MR) is 151 cm³/mol. The fourth-order valence-corrected chi connectivity index (χ4v) is 6.73. The minimum atomic E-state index is -5.06. The minimum absolute atomic E-state index is 0.00712. The molecule has 3 fully saturated rings. The molecule has 3 aliphatic heterocycles. The van der Waals surface area contributed by atoms with E-state index >= 15 is 0 Å². The fourth-order valence-electron chi connectivity index (χ4n) is 6.73. The molecule has 0 radical (unpaired) electrons. The van der Waals surface area contributed by atoms with Crippen LogP contribution in [0.2, 0.25) is 0 Å². The van der Waals surface area contributed by atoms with Crippen LogP contribution in [0.5, 0.6) is 0 Å². The summed E-state index contributed by atoms with van der Waals surface area (Å²) in [4.78, 5) is 32.4. The second-order valence-corrected chi connectivity index (χ2v) is 11.4. The lowest BCUT2D eigenvalue weighted by Crippen LogP contribution is -2.56. The summed E-state index contributed by atoms with van der Waals surface area (Å²) < 4.78 is 80.7. The number of piperidine rings is 3. The Balaban J connectivity index is 1.40. The molecule has 12 heteroatoms. The van der Waals surface area contributed by atoms with Gasteiger partial charge in [0.1, 0.15) is 11.4 Å². The van der Waals surface area contributed by atoms with Gasteiger partial charge in [-0.2, -0.15) is 26.3 Å². The van der Waals surface area contributed by atoms with E-state index in [4.69, 9.17) is 0 Å². The van der Waals surface area contributed by atoms with Crippen LogP contribution in [0.1, 0.15) is 48.9 Å². The number of benzene rings is 2. The molecule has 226 valence electrons. The number of hydrogen-bond donors (Lipinski definition) is 2. The molecule has 2 bridgehead atoms. The Morgan fingerprint density at radius 1 is 0.953 bits per heavy atom. The first kappa shape index (κ1) is 29.2. The normalized spacial score (nSPS) is 23.0. The van der Waals surface area contributed by atoms with Gasteiger partial charge in [0.05, 0.1) is 22.7 Å². The van der Waals surface area contributed by atoms with E-state index < -0.39 is 46.1 Å². The second kappa shape index (κ2) is 10.7. The van der Waals surface area contributed by atoms with Gasteiger partial charge >= 0.3 is 12.4 Å². The molecule has 43 heavy (non-hydrogen) atoms. The maximum Gasteiger partial charge on any atom is 0.416 e. The molecule has 0 spiro atoms. The first-order valence-electron chi connectivity index (χ1n) is 14.1. The number of halogens is 6. The highest BCUT2D eigenvalue weighted by atomic mass is 19.4. The largest absolute Gasteiger partial charge is 0.416 e. The smallest absolute Gasteiger partial charge is 0.372 e. The average Bonchev–Trinajstić information content (AvgIpc) is 2.99. The zero-order valence-electron chi connectivity index (χ0n) is 23.0. The molecule has 6 nitrogen and oxygen atoms in total. The molecule has 0 saturated carbocycles. The van der Waals surface area contributed by atoms with Crippen molar-refractivity contribution in [2.24, 2.45) is 11.8 Å². The Morgan fingerprint density at radius 2 is 1.63 bits per heavy atom. The Labute approximate surface area is 242 Å². The van der Waals surface area contributed by atoms with Gasteiger partial charge in [-0.25, -0.2) is 0 Å². The first-order valence-corrected chi connectivity index (χ1v) is 14.1. The van der Waals surface area contributed by atoms with Crippen molar-refractivity contribution in [3.8, 4) is 0 Å². The standard InChI is InChI=1S/C31H28F6N4O2/c1-2-16-15-41-10-8-17(16)11-24(41)25(22-7-9-38-23-6-4-3-5-21(22)23)40-27-26(28(42)29(27)43)39-20-13-18(30(32,33)34)12-19(14-20)31(35,36)37/h3-7,9,12-14,16-17,24-25,39-40H,2,8,10-11,15H2,1H3/t16?,17-,24-,25-/m0/s1. The molecule has 4 heterocycles. The third-order valence-corrected chi connectivity index (χ3v) is 8.93. The van der Waals surface area contributed by atoms with Crippen LogP contribution in [0.3, 0.4) is 0 Å². The zero-order chi connectivity index (χ0) is 30.7. The molecule has 0 aliphatic carbocycles. The maximum absolute atomic E-state index is 13.5. The topological polar surface area (TPSA) is 74.3 Å². The molecule has 3 aromatic carbocycles. The summed E-state index contributed by atoms with van der Waals surface area (Å²) in [6, 6.07) is 9.70. The Morgan fingerprint density at radius 3 is 2.26 bits per heavy atom. The third-order valence-electron chi connectivity index (χ3n) is 8.93. The van der Waals surface area contributed by atoms with Crippen LogP contribution in [-0.4, -0.2) is 29.0 Å². The van der Waals surface area contributed by atoms with Crippen LogP contribution in [0.4, 0.5) is 43.4 Å². The molecular weight excluding hydrogens is 574 g/mol. The fraction of sp³-hybridized carbons (Fsp3) is 0.387. The number of nitrogens with one attached hydrogen (secondary N) is 2. The van der Waals surface area contributed by atoms with E-state index in [2.05, 4.69) is 27.4 Å². The summed E-state index contributed by atoms with van der Waals surface area (Å²) >= 11 is 0. The van der Waals surface area contributed by atoms with Gasteiger partial charge < -0.3 is 10.6 Å². The number of alkyl halides is 6. The van der Waals surface area contributed by atoms with Crippen LogP contribution in [0.15, 0.2) is 64.3 Å². The highest BCUT2D eigenvalue weighted by Gasteiger charge is 2.44. The summed E-state index contributed by atoms with van der Waals surface area (Å²) in [6.07, 6.45) is -5.57. The van der Waals surface area contributed by atoms with Crippen molar-refractivity contribution in [1.29, 1.82) is 0 Å². The van der Waals surface area contributed by atoms with Crippen molar-refractivity contribution < 1.29 is 26.3 Å². The summed E-state index contributed by atoms with van der Waals surface area (Å²) in [6.45, 7) is 3.88. The number of nitrogens with zero attached hydrogens (tertiary/aromatic N) is 2. The van der Waals surface area contributed by atoms with Crippen molar-refractivity contribution in [2.45, 2.75) is 50.6 Å². The van der Waals surface area contributed by atoms with Gasteiger partial charge in [0.25, 0.3) is 10.9 Å². The van der Waals surface area contributed by atoms with E-state index in [-0.39, 0.29) is 23.5 Å². The molecule has 7 rings (SSSR count). The van der Waals surface area contributed by atoms with E-state index in [1.165, 1.54) is 0 Å². The SMILES string of the molecule is CCC1CN2CC[C@H]1C[C@H]2[C@@H](Nc1c(Nc2cc(C(F)(F)F)cc(C(F)(F)F)c2)c(=O)c1=O)c1ccnc2ccccc12. The number of fused-ring (bicyclic) bond motifs is 4. The Hall–Kier alpha value is -3.93. The van der Waals surface area contributed by atoms with Crippen LogP contribution < -0.4 is 21.5 Å². The van der Waals surface area contributed by atoms with Crippen molar-refractivity contribution in [3.05, 3.63) is 91.9 Å². The molecule has 0 amide bonds. The number of aromatic nitrogens is 1. The molecule has 2 N–H and O–H groups in total. The number of rotatable bonds is 7. The van der Waals surface area contributed by atoms with Gasteiger partial charge in [-0.1, -0.05) is 31.5 Å². The highest BCUT2D eigenvalue weighted by Crippen LogP contribution is 2.44. The van der Waals surface area contributed by atoms with Crippen LogP contribution in [0, 0.1) is 11.8 Å². The predicted octanol–water partition coefficient (Wildman–Crippen LogP) is 6.89. The van der Waals surface area contributed by atoms with Crippen LogP contribution in [-0.2, 0) is 12.4 Å². The van der Waals surface area contributed by atoms with Gasteiger partial charge in [0, 0.05) is 29.9 Å². The third kappa shape index (κ3) is 5.37. The number of anilines is 3. The van der Waals surface area contributed by atoms with Crippen LogP contribution in [0.25, 0.3) is 10.9 Å². The summed E-state index contributed by atoms with van der Waals surface area (Å²) in [7, 11) is 0. The summed E-state index contributed by atoms with van der Waals surface area (Å²) in [5.41, 5.74) is -4.57. The minimum Gasteiger partial charge on any atom is -0.372 e. The van der Waals surface area contributed by atoms with Gasteiger partial charge in [-0.05, 0) is 67.1 Å². The zero-order valence-corrected chi connectivity index (χ0v) is 23.0. The van der Waals surface area contributed by atoms with Gasteiger partial charge in [-0.15, -0.1) is 0 Å². The lowest BCUT2D eigenvalue weighted by Gasteiger charge is -2.52. The second-order valence-electron chi connectivity index (χ2n) is 11.4. The quantitative estimate of drug-likeness (QED) is 0.177. The van der Waals surface area contributed by atoms with Crippen molar-refractivity contribution in [1.82, 2.24) is 9.88 Å². The lowest BCUT2D eigenvalue weighted by atomic mass is 9.72. The molecule has 3 aliphatic rings. The summed E-state index contributed by atoms with van der Waals surface area (Å²) in [5, 5.41) is 6.46. The first-order chi connectivity index (χ1) is 20.3. The molecule has 4 aromatic rings. The van der Waals surface area contributed by atoms with Crippen molar-refractivity contribution in [2.75, 3.05) is 23.7 Å². The van der Waals surface area contributed by atoms with Gasteiger partial charge in [0.2, 0.25) is 0 Å².